The van der Waals surface area contributed by atoms with Gasteiger partial charge in [-0.3, -0.25) is 0 Å². The van der Waals surface area contributed by atoms with E-state index >= 15 is 0 Å². The molecule has 0 N–H and O–H groups in total. The Morgan fingerprint density at radius 1 is 1.53 bits per heavy atom. The summed E-state index contributed by atoms with van der Waals surface area (Å²) in [5, 5.41) is 0. The van der Waals surface area contributed by atoms with Crippen molar-refractivity contribution in [1.82, 2.24) is 9.55 Å². The van der Waals surface area contributed by atoms with Crippen LogP contribution in [0.3, 0.4) is 0 Å². The molecule has 1 aromatic rings. The van der Waals surface area contributed by atoms with Crippen molar-refractivity contribution in [2.75, 3.05) is 6.61 Å². The normalized spacial score (nSPS) is 30.8. The minimum atomic E-state index is -0.311. The van der Waals surface area contributed by atoms with E-state index in [9.17, 15) is 4.79 Å². The molecule has 0 saturated heterocycles. The predicted octanol–water partition coefficient (Wildman–Crippen LogP) is 2.42. The molecule has 2 unspecified atom stereocenters. The summed E-state index contributed by atoms with van der Waals surface area (Å²) >= 11 is 0. The first-order chi connectivity index (χ1) is 8.28. The van der Waals surface area contributed by atoms with Crippen LogP contribution in [0.4, 0.5) is 0 Å². The highest BCUT2D eigenvalue weighted by molar-refractivity contribution is 5.86. The summed E-state index contributed by atoms with van der Waals surface area (Å²) in [6.45, 7) is 2.21. The minimum absolute atomic E-state index is 0.311. The van der Waals surface area contributed by atoms with Crippen LogP contribution in [0.15, 0.2) is 12.5 Å². The second-order valence-electron chi connectivity index (χ2n) is 5.17. The third-order valence-corrected chi connectivity index (χ3v) is 4.17. The Morgan fingerprint density at radius 3 is 3.06 bits per heavy atom. The molecule has 92 valence electrons. The van der Waals surface area contributed by atoms with Crippen LogP contribution < -0.4 is 0 Å². The van der Waals surface area contributed by atoms with E-state index in [0.717, 1.165) is 11.8 Å². The SMILES string of the molecule is CCOC(=O)c1cn([C@H]2CC3CCC2C3)cn1. The van der Waals surface area contributed by atoms with Gasteiger partial charge in [-0.15, -0.1) is 0 Å². The molecule has 3 rings (SSSR count). The number of hydrogen-bond donors (Lipinski definition) is 0. The molecule has 4 nitrogen and oxygen atoms in total. The Hall–Kier alpha value is -1.32. The Balaban J connectivity index is 1.74. The minimum Gasteiger partial charge on any atom is -0.461 e. The fraction of sp³-hybridized carbons (Fsp3) is 0.692. The van der Waals surface area contributed by atoms with E-state index in [1.54, 1.807) is 6.33 Å². The molecule has 3 atom stereocenters. The molecule has 17 heavy (non-hydrogen) atoms. The van der Waals surface area contributed by atoms with E-state index in [1.165, 1.54) is 25.7 Å². The standard InChI is InChI=1S/C13H18N2O2/c1-2-17-13(16)11-7-15(8-14-11)12-6-9-3-4-10(12)5-9/h7-10,12H,2-6H2,1H3/t9?,10?,12-/m0/s1. The summed E-state index contributed by atoms with van der Waals surface area (Å²) in [5.41, 5.74) is 0.439. The van der Waals surface area contributed by atoms with Crippen molar-refractivity contribution in [1.29, 1.82) is 0 Å². The van der Waals surface area contributed by atoms with Crippen molar-refractivity contribution < 1.29 is 9.53 Å². The lowest BCUT2D eigenvalue weighted by Crippen LogP contribution is -2.14. The highest BCUT2D eigenvalue weighted by Gasteiger charge is 2.40. The van der Waals surface area contributed by atoms with Crippen LogP contribution in [0, 0.1) is 11.8 Å². The molecular formula is C13H18N2O2. The molecule has 1 aromatic heterocycles. The highest BCUT2D eigenvalue weighted by Crippen LogP contribution is 2.50. The van der Waals surface area contributed by atoms with E-state index in [2.05, 4.69) is 9.55 Å². The molecule has 0 aromatic carbocycles. The van der Waals surface area contributed by atoms with Gasteiger partial charge in [-0.25, -0.2) is 9.78 Å². The number of carbonyl (C=O) groups excluding carboxylic acids is 1. The maximum Gasteiger partial charge on any atom is 0.358 e. The maximum absolute atomic E-state index is 11.5. The van der Waals surface area contributed by atoms with Crippen LogP contribution in [0.5, 0.6) is 0 Å². The number of nitrogens with zero attached hydrogens (tertiary/aromatic N) is 2. The van der Waals surface area contributed by atoms with E-state index < -0.39 is 0 Å². The molecular weight excluding hydrogens is 216 g/mol. The Morgan fingerprint density at radius 2 is 2.41 bits per heavy atom. The monoisotopic (exact) mass is 234 g/mol. The van der Waals surface area contributed by atoms with Gasteiger partial charge in [-0.1, -0.05) is 6.42 Å². The van der Waals surface area contributed by atoms with Crippen molar-refractivity contribution in [2.24, 2.45) is 11.8 Å². The quantitative estimate of drug-likeness (QED) is 0.754. The number of ether oxygens (including phenoxy) is 1. The zero-order chi connectivity index (χ0) is 11.8. The smallest absolute Gasteiger partial charge is 0.358 e. The van der Waals surface area contributed by atoms with Crippen molar-refractivity contribution in [2.45, 2.75) is 38.6 Å². The molecule has 0 aliphatic heterocycles. The van der Waals surface area contributed by atoms with E-state index in [4.69, 9.17) is 4.74 Å². The molecule has 2 saturated carbocycles. The molecule has 0 amide bonds. The first-order valence-electron chi connectivity index (χ1n) is 6.48. The molecule has 0 radical (unpaired) electrons. The van der Waals surface area contributed by atoms with Gasteiger partial charge >= 0.3 is 5.97 Å². The van der Waals surface area contributed by atoms with Crippen LogP contribution in [-0.2, 0) is 4.74 Å². The first kappa shape index (κ1) is 10.8. The van der Waals surface area contributed by atoms with Crippen LogP contribution in [-0.4, -0.2) is 22.1 Å². The van der Waals surface area contributed by atoms with E-state index in [-0.39, 0.29) is 5.97 Å². The van der Waals surface area contributed by atoms with Gasteiger partial charge < -0.3 is 9.30 Å². The Kier molecular flexibility index (Phi) is 2.65. The van der Waals surface area contributed by atoms with Crippen LogP contribution in [0.2, 0.25) is 0 Å². The summed E-state index contributed by atoms with van der Waals surface area (Å²) in [6, 6.07) is 0.560. The number of hydrogen-bond acceptors (Lipinski definition) is 3. The van der Waals surface area contributed by atoms with Crippen LogP contribution in [0.1, 0.15) is 49.1 Å². The molecule has 2 aliphatic carbocycles. The Labute approximate surface area is 101 Å². The van der Waals surface area contributed by atoms with Crippen molar-refractivity contribution >= 4 is 5.97 Å². The fourth-order valence-electron chi connectivity index (χ4n) is 3.40. The Bertz CT molecular complexity index is 427. The average Bonchev–Trinajstić information content (AvgIpc) is 3.05. The average molecular weight is 234 g/mol. The fourth-order valence-corrected chi connectivity index (χ4v) is 3.40. The van der Waals surface area contributed by atoms with Gasteiger partial charge in [0.2, 0.25) is 0 Å². The van der Waals surface area contributed by atoms with Crippen molar-refractivity contribution in [3.8, 4) is 0 Å². The number of rotatable bonds is 3. The summed E-state index contributed by atoms with van der Waals surface area (Å²) in [6.07, 6.45) is 8.98. The van der Waals surface area contributed by atoms with Gasteiger partial charge in [0.25, 0.3) is 0 Å². The summed E-state index contributed by atoms with van der Waals surface area (Å²) in [5.74, 6) is 1.39. The molecule has 2 aliphatic rings. The number of fused-ring (bicyclic) bond motifs is 2. The zero-order valence-corrected chi connectivity index (χ0v) is 10.1. The second kappa shape index (κ2) is 4.17. The third kappa shape index (κ3) is 1.85. The van der Waals surface area contributed by atoms with Crippen molar-refractivity contribution in [3.05, 3.63) is 18.2 Å². The lowest BCUT2D eigenvalue weighted by molar-refractivity contribution is 0.0520. The second-order valence-corrected chi connectivity index (χ2v) is 5.17. The van der Waals surface area contributed by atoms with Gasteiger partial charge in [0, 0.05) is 12.2 Å². The van der Waals surface area contributed by atoms with Gasteiger partial charge in [0.15, 0.2) is 5.69 Å². The maximum atomic E-state index is 11.5. The number of aromatic nitrogens is 2. The topological polar surface area (TPSA) is 44.1 Å². The lowest BCUT2D eigenvalue weighted by Gasteiger charge is -2.22. The molecule has 1 heterocycles. The highest BCUT2D eigenvalue weighted by atomic mass is 16.5. The van der Waals surface area contributed by atoms with Crippen LogP contribution >= 0.6 is 0 Å². The summed E-state index contributed by atoms with van der Waals surface area (Å²) in [4.78, 5) is 15.7. The van der Waals surface area contributed by atoms with Crippen molar-refractivity contribution in [3.63, 3.8) is 0 Å². The molecule has 0 spiro atoms. The van der Waals surface area contributed by atoms with E-state index in [1.807, 2.05) is 13.1 Å². The van der Waals surface area contributed by atoms with Gasteiger partial charge in [0.1, 0.15) is 0 Å². The number of esters is 1. The zero-order valence-electron chi connectivity index (χ0n) is 10.1. The summed E-state index contributed by atoms with van der Waals surface area (Å²) in [7, 11) is 0. The van der Waals surface area contributed by atoms with Gasteiger partial charge in [-0.05, 0) is 38.0 Å². The van der Waals surface area contributed by atoms with E-state index in [0.29, 0.717) is 18.3 Å². The summed E-state index contributed by atoms with van der Waals surface area (Å²) < 4.78 is 7.07. The van der Waals surface area contributed by atoms with Crippen LogP contribution in [0.25, 0.3) is 0 Å². The molecule has 2 fully saturated rings. The number of imidazole rings is 1. The third-order valence-electron chi connectivity index (χ3n) is 4.17. The largest absolute Gasteiger partial charge is 0.461 e. The molecule has 4 heteroatoms. The predicted molar refractivity (Wildman–Crippen MR) is 62.7 cm³/mol. The van der Waals surface area contributed by atoms with Gasteiger partial charge in [-0.2, -0.15) is 0 Å². The first-order valence-corrected chi connectivity index (χ1v) is 6.48. The van der Waals surface area contributed by atoms with Gasteiger partial charge in [0.05, 0.1) is 12.9 Å². The lowest BCUT2D eigenvalue weighted by atomic mass is 9.95. The molecule has 2 bridgehead atoms. The number of carbonyl (C=O) groups is 1.